The molecule has 5 heterocycles. The standard InChI is InChI=1S/C16H12N4O2.C8H10N4.C2H6O.H2N2.H2/c1-10-6-7-20-14(8-10)13(17-18-20)9-19-15(21)11-4-2-3-5-12(11)16(19)22;1-6-2-3-12-8(4-6)7(5-9)10-11-12;1-2-3;1-2;/h2-8H,9H2,1H3;2-4H,5,9H2,1H3;3H,2H2,1H3;1-2H;1H. The largest absolute Gasteiger partial charge is 0.397 e. The van der Waals surface area contributed by atoms with Crippen LogP contribution in [0.2, 0.25) is 0 Å². The molecule has 4 aromatic heterocycles. The minimum atomic E-state index is -0.283. The first-order valence-electron chi connectivity index (χ1n) is 12.0. The van der Waals surface area contributed by atoms with Crippen molar-refractivity contribution in [3.63, 3.8) is 0 Å². The minimum Gasteiger partial charge on any atom is -0.397 e. The number of hydrogen-bond acceptors (Lipinski definition) is 10. The number of benzene rings is 1. The highest BCUT2D eigenvalue weighted by atomic mass is 16.2. The predicted molar refractivity (Wildman–Crippen MR) is 144 cm³/mol. The van der Waals surface area contributed by atoms with Gasteiger partial charge in [0.15, 0.2) is 0 Å². The molecule has 5 aromatic rings. The van der Waals surface area contributed by atoms with Gasteiger partial charge in [-0.05, 0) is 68.3 Å². The highest BCUT2D eigenvalue weighted by Crippen LogP contribution is 2.24. The van der Waals surface area contributed by atoms with E-state index in [1.807, 2.05) is 50.5 Å². The molecule has 5 N–H and O–H groups in total. The first-order chi connectivity index (χ1) is 18.9. The summed E-state index contributed by atoms with van der Waals surface area (Å²) < 4.78 is 3.37. The van der Waals surface area contributed by atoms with E-state index in [0.717, 1.165) is 22.3 Å². The molecular weight excluding hydrogens is 500 g/mol. The van der Waals surface area contributed by atoms with Crippen LogP contribution in [-0.4, -0.2) is 58.1 Å². The Balaban J connectivity index is 0.000000264. The van der Waals surface area contributed by atoms with Crippen LogP contribution in [0.1, 0.15) is 51.6 Å². The number of rotatable bonds is 3. The van der Waals surface area contributed by atoms with Gasteiger partial charge in [-0.15, -0.1) is 10.2 Å². The van der Waals surface area contributed by atoms with E-state index >= 15 is 0 Å². The van der Waals surface area contributed by atoms with E-state index in [1.165, 1.54) is 10.5 Å². The highest BCUT2D eigenvalue weighted by molar-refractivity contribution is 6.21. The van der Waals surface area contributed by atoms with Gasteiger partial charge in [0.2, 0.25) is 0 Å². The van der Waals surface area contributed by atoms with E-state index in [4.69, 9.17) is 21.9 Å². The normalized spacial score (nSPS) is 11.8. The fourth-order valence-electron chi connectivity index (χ4n) is 3.88. The topological polar surface area (TPSA) is 192 Å². The Bertz CT molecular complexity index is 1570. The van der Waals surface area contributed by atoms with Crippen LogP contribution in [0.25, 0.3) is 11.0 Å². The van der Waals surface area contributed by atoms with Crippen LogP contribution < -0.4 is 5.73 Å². The average Bonchev–Trinajstić information content (AvgIpc) is 3.61. The Kier molecular flexibility index (Phi) is 9.62. The molecule has 13 nitrogen and oxygen atoms in total. The fourth-order valence-corrected chi connectivity index (χ4v) is 3.88. The van der Waals surface area contributed by atoms with Gasteiger partial charge in [-0.25, -0.2) is 20.1 Å². The number of aliphatic hydroxyl groups excluding tert-OH is 1. The van der Waals surface area contributed by atoms with E-state index in [2.05, 4.69) is 20.6 Å². The number of nitrogens with two attached hydrogens (primary N) is 1. The Morgan fingerprint density at radius 2 is 1.28 bits per heavy atom. The van der Waals surface area contributed by atoms with Gasteiger partial charge in [0.05, 0.1) is 28.7 Å². The van der Waals surface area contributed by atoms with Gasteiger partial charge in [-0.3, -0.25) is 14.5 Å². The SMILES string of the molecule is CCO.Cc1ccn2nnc(CN)c2c1.Cc1ccn2nnc(CN3C(=O)c4ccccc4C3=O)c2c1.N=N.[HH]. The Morgan fingerprint density at radius 1 is 0.846 bits per heavy atom. The number of carbonyl (C=O) groups is 2. The summed E-state index contributed by atoms with van der Waals surface area (Å²) >= 11 is 0. The van der Waals surface area contributed by atoms with E-state index in [9.17, 15) is 9.59 Å². The molecule has 0 atom stereocenters. The fraction of sp³-hybridized carbons (Fsp3) is 0.231. The number of nitrogens with zero attached hydrogens (tertiary/aromatic N) is 7. The van der Waals surface area contributed by atoms with Crippen LogP contribution in [0, 0.1) is 24.9 Å². The predicted octanol–water partition coefficient (Wildman–Crippen LogP) is 3.17. The molecule has 0 radical (unpaired) electrons. The summed E-state index contributed by atoms with van der Waals surface area (Å²) in [7, 11) is 0. The minimum absolute atomic E-state index is 0. The maximum absolute atomic E-state index is 12.4. The molecule has 0 spiro atoms. The van der Waals surface area contributed by atoms with Crippen molar-refractivity contribution in [2.45, 2.75) is 33.9 Å². The van der Waals surface area contributed by atoms with Crippen molar-refractivity contribution in [1.29, 1.82) is 11.1 Å². The van der Waals surface area contributed by atoms with Gasteiger partial charge in [0, 0.05) is 27.0 Å². The molecule has 0 fully saturated rings. The monoisotopic (exact) mass is 532 g/mol. The second-order valence-electron chi connectivity index (χ2n) is 8.40. The quantitative estimate of drug-likeness (QED) is 0.201. The first kappa shape index (κ1) is 28.7. The summed E-state index contributed by atoms with van der Waals surface area (Å²) in [6, 6.07) is 14.7. The van der Waals surface area contributed by atoms with Crippen molar-refractivity contribution in [1.82, 2.24) is 34.6 Å². The molecule has 1 aliphatic heterocycles. The van der Waals surface area contributed by atoms with Gasteiger partial charge >= 0.3 is 0 Å². The molecular formula is C26H32N10O3. The number of carbonyl (C=O) groups excluding carboxylic acids is 2. The summed E-state index contributed by atoms with van der Waals surface area (Å²) in [5, 5.41) is 23.5. The molecule has 0 aliphatic carbocycles. The second kappa shape index (κ2) is 13.1. The number of aliphatic hydroxyl groups is 1. The van der Waals surface area contributed by atoms with E-state index < -0.39 is 0 Å². The molecule has 204 valence electrons. The van der Waals surface area contributed by atoms with Gasteiger partial charge < -0.3 is 10.8 Å². The van der Waals surface area contributed by atoms with Crippen LogP contribution in [0.15, 0.2) is 60.9 Å². The van der Waals surface area contributed by atoms with Gasteiger partial charge in [-0.1, -0.05) is 22.6 Å². The number of imide groups is 1. The Labute approximate surface area is 225 Å². The van der Waals surface area contributed by atoms with E-state index in [-0.39, 0.29) is 26.4 Å². The molecule has 2 amide bonds. The van der Waals surface area contributed by atoms with Crippen molar-refractivity contribution in [2.24, 2.45) is 5.73 Å². The van der Waals surface area contributed by atoms with Gasteiger partial charge in [0.1, 0.15) is 11.4 Å². The number of aryl methyl sites for hydroxylation is 2. The highest BCUT2D eigenvalue weighted by Gasteiger charge is 2.35. The lowest BCUT2D eigenvalue weighted by Gasteiger charge is -2.11. The maximum Gasteiger partial charge on any atom is 0.261 e. The molecule has 6 rings (SSSR count). The molecule has 1 aromatic carbocycles. The molecule has 13 heteroatoms. The summed E-state index contributed by atoms with van der Waals surface area (Å²) in [4.78, 5) is 26.0. The van der Waals surface area contributed by atoms with Crippen LogP contribution in [0.4, 0.5) is 0 Å². The van der Waals surface area contributed by atoms with Gasteiger partial charge in [-0.2, -0.15) is 0 Å². The number of aromatic nitrogens is 6. The third kappa shape index (κ3) is 6.17. The summed E-state index contributed by atoms with van der Waals surface area (Å²) in [6.07, 6.45) is 3.69. The molecule has 0 unspecified atom stereocenters. The zero-order valence-corrected chi connectivity index (χ0v) is 21.9. The molecule has 1 aliphatic rings. The first-order valence-corrected chi connectivity index (χ1v) is 12.0. The summed E-state index contributed by atoms with van der Waals surface area (Å²) in [5.41, 5.74) is 21.9. The Hall–Kier alpha value is -4.88. The van der Waals surface area contributed by atoms with E-state index in [0.29, 0.717) is 23.4 Å². The number of hydrogen-bond donors (Lipinski definition) is 4. The van der Waals surface area contributed by atoms with Crippen molar-refractivity contribution >= 4 is 22.8 Å². The van der Waals surface area contributed by atoms with Crippen molar-refractivity contribution < 1.29 is 16.1 Å². The number of amides is 2. The lowest BCUT2D eigenvalue weighted by molar-refractivity contribution is 0.0641. The molecule has 0 saturated heterocycles. The number of fused-ring (bicyclic) bond motifs is 3. The third-order valence-corrected chi connectivity index (χ3v) is 5.67. The molecule has 0 saturated carbocycles. The van der Waals surface area contributed by atoms with Gasteiger partial charge in [0.25, 0.3) is 11.8 Å². The summed E-state index contributed by atoms with van der Waals surface area (Å²) in [5.74, 6) is -0.566. The lowest BCUT2D eigenvalue weighted by Crippen LogP contribution is -2.29. The van der Waals surface area contributed by atoms with Crippen molar-refractivity contribution in [3.05, 3.63) is 94.6 Å². The van der Waals surface area contributed by atoms with Crippen molar-refractivity contribution in [2.75, 3.05) is 6.61 Å². The second-order valence-corrected chi connectivity index (χ2v) is 8.40. The Morgan fingerprint density at radius 3 is 1.74 bits per heavy atom. The lowest BCUT2D eigenvalue weighted by atomic mass is 10.1. The number of nitrogens with one attached hydrogen (secondary N) is 2. The zero-order valence-electron chi connectivity index (χ0n) is 21.9. The van der Waals surface area contributed by atoms with Crippen molar-refractivity contribution in [3.8, 4) is 0 Å². The summed E-state index contributed by atoms with van der Waals surface area (Å²) in [6.45, 7) is 6.50. The third-order valence-electron chi connectivity index (χ3n) is 5.67. The average molecular weight is 533 g/mol. The maximum atomic E-state index is 12.4. The molecule has 39 heavy (non-hydrogen) atoms. The van der Waals surface area contributed by atoms with Crippen LogP contribution in [0.5, 0.6) is 0 Å². The number of pyridine rings is 2. The van der Waals surface area contributed by atoms with E-state index in [1.54, 1.807) is 40.2 Å². The smallest absolute Gasteiger partial charge is 0.261 e. The van der Waals surface area contributed by atoms with Crippen LogP contribution >= 0.6 is 0 Å². The zero-order chi connectivity index (χ0) is 28.5. The molecule has 0 bridgehead atoms. The van der Waals surface area contributed by atoms with Crippen LogP contribution in [-0.2, 0) is 13.1 Å². The van der Waals surface area contributed by atoms with Crippen LogP contribution in [0.3, 0.4) is 0 Å².